The topological polar surface area (TPSA) is 14.2 Å². The lowest BCUT2D eigenvalue weighted by atomic mass is 10.2. The first-order valence-corrected chi connectivity index (χ1v) is 4.62. The molecule has 2 rings (SSSR count). The van der Waals surface area contributed by atoms with E-state index in [1.807, 2.05) is 6.07 Å². The largest absolute Gasteiger partial charge is 0.497 e. The fourth-order valence-electron chi connectivity index (χ4n) is 1.61. The molecule has 1 aromatic carbocycles. The van der Waals surface area contributed by atoms with Crippen LogP contribution in [0.3, 0.4) is 0 Å². The first kappa shape index (κ1) is 9.96. The van der Waals surface area contributed by atoms with E-state index in [4.69, 9.17) is 4.74 Å². The number of rotatable bonds is 3. The van der Waals surface area contributed by atoms with E-state index in [2.05, 4.69) is 0 Å². The molecule has 0 bridgehead atoms. The summed E-state index contributed by atoms with van der Waals surface area (Å²) in [6, 6.07) is 7.19. The minimum Gasteiger partial charge on any atom is -0.497 e. The van der Waals surface area contributed by atoms with Crippen molar-refractivity contribution in [3.8, 4) is 5.75 Å². The number of methoxy groups -OCH3 is 1. The molecule has 0 spiro atoms. The summed E-state index contributed by atoms with van der Waals surface area (Å²) in [5.41, 5.74) is 0.802. The van der Waals surface area contributed by atoms with Crippen molar-refractivity contribution in [1.29, 1.82) is 0 Å². The summed E-state index contributed by atoms with van der Waals surface area (Å²) in [5, 5.41) is 0.912. The third kappa shape index (κ3) is 1.93. The lowest BCUT2D eigenvalue weighted by molar-refractivity contribution is 0.128. The molecule has 0 aliphatic carbocycles. The number of hydrogen-bond donors (Lipinski definition) is 0. The van der Waals surface area contributed by atoms with Gasteiger partial charge in [-0.3, -0.25) is 0 Å². The highest BCUT2D eigenvalue weighted by Crippen LogP contribution is 2.22. The Morgan fingerprint density at radius 1 is 1.33 bits per heavy atom. The van der Waals surface area contributed by atoms with Gasteiger partial charge in [-0.2, -0.15) is 0 Å². The number of halogens is 2. The van der Waals surface area contributed by atoms with Crippen LogP contribution >= 0.6 is 0 Å². The Morgan fingerprint density at radius 2 is 2.13 bits per heavy atom. The van der Waals surface area contributed by atoms with Gasteiger partial charge in [0.15, 0.2) is 0 Å². The summed E-state index contributed by atoms with van der Waals surface area (Å²) >= 11 is 0. The molecule has 1 heterocycles. The Balaban J connectivity index is 2.43. The molecule has 2 aromatic rings. The van der Waals surface area contributed by atoms with Gasteiger partial charge in [-0.25, -0.2) is 8.78 Å². The van der Waals surface area contributed by atoms with Crippen LogP contribution in [0.1, 0.15) is 0 Å². The lowest BCUT2D eigenvalue weighted by Crippen LogP contribution is -2.04. The SMILES string of the molecule is COc1ccc2c(ccn2CC(F)F)c1. The summed E-state index contributed by atoms with van der Waals surface area (Å²) in [4.78, 5) is 0. The molecule has 15 heavy (non-hydrogen) atoms. The molecule has 0 saturated heterocycles. The van der Waals surface area contributed by atoms with Gasteiger partial charge in [0, 0.05) is 17.1 Å². The van der Waals surface area contributed by atoms with Crippen LogP contribution in [0, 0.1) is 0 Å². The van der Waals surface area contributed by atoms with Crippen LogP contribution in [0.15, 0.2) is 30.5 Å². The van der Waals surface area contributed by atoms with E-state index >= 15 is 0 Å². The second-order valence-corrected chi connectivity index (χ2v) is 3.28. The van der Waals surface area contributed by atoms with Crippen LogP contribution in [-0.2, 0) is 6.54 Å². The van der Waals surface area contributed by atoms with Crippen molar-refractivity contribution in [2.24, 2.45) is 0 Å². The number of alkyl halides is 2. The number of nitrogens with zero attached hydrogens (tertiary/aromatic N) is 1. The summed E-state index contributed by atoms with van der Waals surface area (Å²) in [6.45, 7) is -0.268. The van der Waals surface area contributed by atoms with Crippen LogP contribution in [0.25, 0.3) is 10.9 Å². The maximum atomic E-state index is 12.2. The fraction of sp³-hybridized carbons (Fsp3) is 0.273. The second-order valence-electron chi connectivity index (χ2n) is 3.28. The average molecular weight is 211 g/mol. The van der Waals surface area contributed by atoms with E-state index in [-0.39, 0.29) is 6.54 Å². The summed E-state index contributed by atoms with van der Waals surface area (Å²) in [5.74, 6) is 0.734. The molecule has 1 aromatic heterocycles. The van der Waals surface area contributed by atoms with E-state index < -0.39 is 6.43 Å². The standard InChI is InChI=1S/C11H11F2NO/c1-15-9-2-3-10-8(6-9)4-5-14(10)7-11(12)13/h2-6,11H,7H2,1H3. The molecule has 0 fully saturated rings. The molecule has 0 aliphatic heterocycles. The number of benzene rings is 1. The first-order chi connectivity index (χ1) is 7.20. The molecular formula is C11H11F2NO. The van der Waals surface area contributed by atoms with Gasteiger partial charge in [-0.15, -0.1) is 0 Å². The maximum Gasteiger partial charge on any atom is 0.256 e. The molecule has 0 unspecified atom stereocenters. The quantitative estimate of drug-likeness (QED) is 0.761. The predicted molar refractivity (Wildman–Crippen MR) is 54.5 cm³/mol. The molecule has 0 amide bonds. The van der Waals surface area contributed by atoms with Gasteiger partial charge >= 0.3 is 0 Å². The van der Waals surface area contributed by atoms with Gasteiger partial charge in [-0.1, -0.05) is 0 Å². The number of fused-ring (bicyclic) bond motifs is 1. The zero-order chi connectivity index (χ0) is 10.8. The van der Waals surface area contributed by atoms with Gasteiger partial charge in [0.1, 0.15) is 5.75 Å². The van der Waals surface area contributed by atoms with Crippen molar-refractivity contribution < 1.29 is 13.5 Å². The van der Waals surface area contributed by atoms with Crippen LogP contribution in [-0.4, -0.2) is 18.1 Å². The average Bonchev–Trinajstić information content (AvgIpc) is 2.60. The molecule has 2 nitrogen and oxygen atoms in total. The third-order valence-electron chi connectivity index (χ3n) is 2.31. The fourth-order valence-corrected chi connectivity index (χ4v) is 1.61. The Morgan fingerprint density at radius 3 is 2.80 bits per heavy atom. The van der Waals surface area contributed by atoms with Crippen LogP contribution in [0.5, 0.6) is 5.75 Å². The molecule has 0 N–H and O–H groups in total. The van der Waals surface area contributed by atoms with Gasteiger partial charge in [0.05, 0.1) is 13.7 Å². The van der Waals surface area contributed by atoms with Crippen molar-refractivity contribution in [3.63, 3.8) is 0 Å². The molecule has 0 aliphatic rings. The zero-order valence-corrected chi connectivity index (χ0v) is 8.28. The summed E-state index contributed by atoms with van der Waals surface area (Å²) < 4.78 is 31.0. The Kier molecular flexibility index (Phi) is 2.58. The van der Waals surface area contributed by atoms with E-state index in [9.17, 15) is 8.78 Å². The van der Waals surface area contributed by atoms with Crippen LogP contribution in [0.4, 0.5) is 8.78 Å². The molecule has 80 valence electrons. The van der Waals surface area contributed by atoms with Crippen molar-refractivity contribution in [1.82, 2.24) is 4.57 Å². The van der Waals surface area contributed by atoms with Gasteiger partial charge in [-0.05, 0) is 24.3 Å². The number of hydrogen-bond acceptors (Lipinski definition) is 1. The normalized spacial score (nSPS) is 11.2. The smallest absolute Gasteiger partial charge is 0.256 e. The van der Waals surface area contributed by atoms with E-state index in [1.54, 1.807) is 36.1 Å². The summed E-state index contributed by atoms with van der Waals surface area (Å²) in [6.07, 6.45) is -0.668. The zero-order valence-electron chi connectivity index (χ0n) is 8.28. The second kappa shape index (κ2) is 3.88. The molecule has 0 atom stereocenters. The van der Waals surface area contributed by atoms with Crippen molar-refractivity contribution in [3.05, 3.63) is 30.5 Å². The molecule has 4 heteroatoms. The van der Waals surface area contributed by atoms with Gasteiger partial charge < -0.3 is 9.30 Å². The monoisotopic (exact) mass is 211 g/mol. The molecule has 0 radical (unpaired) electrons. The van der Waals surface area contributed by atoms with Crippen molar-refractivity contribution >= 4 is 10.9 Å². The Labute approximate surface area is 86.1 Å². The highest BCUT2D eigenvalue weighted by molar-refractivity contribution is 5.81. The minimum absolute atomic E-state index is 0.268. The van der Waals surface area contributed by atoms with E-state index in [0.717, 1.165) is 16.7 Å². The first-order valence-electron chi connectivity index (χ1n) is 4.62. The van der Waals surface area contributed by atoms with E-state index in [1.165, 1.54) is 0 Å². The van der Waals surface area contributed by atoms with E-state index in [0.29, 0.717) is 0 Å². The van der Waals surface area contributed by atoms with Crippen molar-refractivity contribution in [2.75, 3.05) is 7.11 Å². The Hall–Kier alpha value is -1.58. The number of ether oxygens (including phenoxy) is 1. The van der Waals surface area contributed by atoms with Gasteiger partial charge in [0.25, 0.3) is 6.43 Å². The lowest BCUT2D eigenvalue weighted by Gasteiger charge is -2.04. The Bertz CT molecular complexity index is 465. The minimum atomic E-state index is -2.33. The molecule has 0 saturated carbocycles. The van der Waals surface area contributed by atoms with Crippen LogP contribution < -0.4 is 4.74 Å². The predicted octanol–water partition coefficient (Wildman–Crippen LogP) is 2.92. The van der Waals surface area contributed by atoms with Crippen LogP contribution in [0.2, 0.25) is 0 Å². The van der Waals surface area contributed by atoms with Crippen molar-refractivity contribution in [2.45, 2.75) is 13.0 Å². The third-order valence-corrected chi connectivity index (χ3v) is 2.31. The maximum absolute atomic E-state index is 12.2. The molecular weight excluding hydrogens is 200 g/mol. The highest BCUT2D eigenvalue weighted by Gasteiger charge is 2.07. The highest BCUT2D eigenvalue weighted by atomic mass is 19.3. The summed E-state index contributed by atoms with van der Waals surface area (Å²) in [7, 11) is 1.58. The number of aromatic nitrogens is 1. The van der Waals surface area contributed by atoms with Gasteiger partial charge in [0.2, 0.25) is 0 Å².